The maximum Gasteiger partial charge on any atom is 0.458 e. The van der Waals surface area contributed by atoms with E-state index in [1.807, 2.05) is 0 Å². The van der Waals surface area contributed by atoms with Gasteiger partial charge in [-0.1, -0.05) is 0 Å². The van der Waals surface area contributed by atoms with Crippen LogP contribution < -0.4 is 0 Å². The molecule has 28 heavy (non-hydrogen) atoms. The molecule has 4 bridgehead atoms. The van der Waals surface area contributed by atoms with Crippen LogP contribution in [0.2, 0.25) is 0 Å². The molecule has 0 heterocycles. The highest BCUT2D eigenvalue weighted by atomic mass is 32.2. The summed E-state index contributed by atoms with van der Waals surface area (Å²) < 4.78 is 121. The van der Waals surface area contributed by atoms with E-state index < -0.39 is 56.7 Å². The van der Waals surface area contributed by atoms with E-state index in [0.29, 0.717) is 25.7 Å². The van der Waals surface area contributed by atoms with Crippen molar-refractivity contribution in [2.75, 3.05) is 7.11 Å². The molecule has 0 aliphatic heterocycles. The van der Waals surface area contributed by atoms with Crippen molar-refractivity contribution in [2.45, 2.75) is 60.9 Å². The molecule has 4 aliphatic carbocycles. The van der Waals surface area contributed by atoms with Crippen LogP contribution in [0, 0.1) is 17.8 Å². The maximum atomic E-state index is 14.5. The summed E-state index contributed by atoms with van der Waals surface area (Å²) in [7, 11) is -5.36. The molecule has 3 atom stereocenters. The lowest BCUT2D eigenvalue weighted by molar-refractivity contribution is -0.312. The van der Waals surface area contributed by atoms with Crippen molar-refractivity contribution in [1.82, 2.24) is 0 Å². The summed E-state index contributed by atoms with van der Waals surface area (Å²) in [6, 6.07) is 0. The van der Waals surface area contributed by atoms with E-state index in [2.05, 4.69) is 4.74 Å². The van der Waals surface area contributed by atoms with E-state index in [1.54, 1.807) is 0 Å². The Morgan fingerprint density at radius 2 is 1.54 bits per heavy atom. The van der Waals surface area contributed by atoms with Gasteiger partial charge in [0.15, 0.2) is 0 Å². The fraction of sp³-hybridized carbons (Fsp3) is 0.933. The van der Waals surface area contributed by atoms with Gasteiger partial charge in [0.1, 0.15) is 6.10 Å². The van der Waals surface area contributed by atoms with Gasteiger partial charge in [-0.25, -0.2) is 9.18 Å². The summed E-state index contributed by atoms with van der Waals surface area (Å²) >= 11 is 0. The fourth-order valence-corrected chi connectivity index (χ4v) is 5.82. The molecule has 0 spiro atoms. The third-order valence-electron chi connectivity index (χ3n) is 6.18. The first kappa shape index (κ1) is 21.6. The first-order valence-corrected chi connectivity index (χ1v) is 9.89. The number of halogens is 6. The molecule has 6 nitrogen and oxygen atoms in total. The van der Waals surface area contributed by atoms with E-state index in [0.717, 1.165) is 6.42 Å². The standard InChI is InChI=1S/C15H18F6O6S/c1-26-12-4-7-2-8(5-12)10(9(3-7)6-12)27-11(22)13(16,28(23,24)25)14(17,18)15(19,20)21/h7-10H,2-6H2,1H3,(H,23,24,25). The van der Waals surface area contributed by atoms with E-state index in [4.69, 9.17) is 9.29 Å². The number of hydrogen-bond donors (Lipinski definition) is 1. The Morgan fingerprint density at radius 1 is 1.04 bits per heavy atom. The average Bonchev–Trinajstić information content (AvgIpc) is 2.54. The van der Waals surface area contributed by atoms with Gasteiger partial charge in [-0.3, -0.25) is 4.55 Å². The van der Waals surface area contributed by atoms with Crippen LogP contribution in [0.3, 0.4) is 0 Å². The van der Waals surface area contributed by atoms with Crippen LogP contribution >= 0.6 is 0 Å². The Morgan fingerprint density at radius 3 is 1.93 bits per heavy atom. The SMILES string of the molecule is COC12CC3CC(C1)C(OC(=O)C(F)(C(F)(F)C(F)(F)F)S(=O)(=O)O)C(C3)C2. The lowest BCUT2D eigenvalue weighted by Crippen LogP contribution is -2.65. The number of alkyl halides is 6. The molecule has 0 aromatic rings. The zero-order valence-corrected chi connectivity index (χ0v) is 15.3. The molecule has 4 fully saturated rings. The first-order chi connectivity index (χ1) is 12.6. The predicted molar refractivity (Wildman–Crippen MR) is 79.6 cm³/mol. The Kier molecular flexibility index (Phi) is 4.79. The van der Waals surface area contributed by atoms with Crippen LogP contribution in [0.4, 0.5) is 26.3 Å². The van der Waals surface area contributed by atoms with Crippen molar-refractivity contribution in [3.63, 3.8) is 0 Å². The molecular formula is C15H18F6O6S. The molecule has 0 aromatic heterocycles. The summed E-state index contributed by atoms with van der Waals surface area (Å²) in [5.74, 6) is -10.5. The second-order valence-corrected chi connectivity index (χ2v) is 9.38. The smallest absolute Gasteiger partial charge is 0.458 e. The molecule has 13 heteroatoms. The molecule has 4 aliphatic rings. The third kappa shape index (κ3) is 2.92. The molecule has 4 saturated carbocycles. The van der Waals surface area contributed by atoms with Crippen LogP contribution in [0.15, 0.2) is 0 Å². The maximum absolute atomic E-state index is 14.5. The van der Waals surface area contributed by atoms with Gasteiger partial charge >= 0.3 is 33.2 Å². The minimum Gasteiger partial charge on any atom is -0.458 e. The van der Waals surface area contributed by atoms with Crippen LogP contribution in [0.5, 0.6) is 0 Å². The normalized spacial score (nSPS) is 37.6. The molecule has 0 aromatic carbocycles. The van der Waals surface area contributed by atoms with Crippen LogP contribution in [0.25, 0.3) is 0 Å². The first-order valence-electron chi connectivity index (χ1n) is 8.45. The summed E-state index contributed by atoms with van der Waals surface area (Å²) in [5.41, 5.74) is -0.537. The molecule has 4 rings (SSSR count). The quantitative estimate of drug-likeness (QED) is 0.402. The highest BCUT2D eigenvalue weighted by Gasteiger charge is 2.82. The number of carbonyl (C=O) groups excluding carboxylic acids is 1. The number of hydrogen-bond acceptors (Lipinski definition) is 5. The highest BCUT2D eigenvalue weighted by Crippen LogP contribution is 2.58. The van der Waals surface area contributed by atoms with Gasteiger partial charge in [0.05, 0.1) is 5.60 Å². The third-order valence-corrected chi connectivity index (χ3v) is 7.32. The Bertz CT molecular complexity index is 751. The topological polar surface area (TPSA) is 89.9 Å². The lowest BCUT2D eigenvalue weighted by atomic mass is 9.53. The Hall–Kier alpha value is -1.08. The van der Waals surface area contributed by atoms with Gasteiger partial charge in [-0.2, -0.15) is 30.4 Å². The van der Waals surface area contributed by atoms with Gasteiger partial charge in [0.25, 0.3) is 0 Å². The van der Waals surface area contributed by atoms with Crippen molar-refractivity contribution >= 4 is 16.1 Å². The second-order valence-electron chi connectivity index (χ2n) is 7.87. The van der Waals surface area contributed by atoms with Gasteiger partial charge in [-0.05, 0) is 49.9 Å². The van der Waals surface area contributed by atoms with E-state index >= 15 is 0 Å². The average molecular weight is 440 g/mol. The van der Waals surface area contributed by atoms with E-state index in [-0.39, 0.29) is 5.92 Å². The molecule has 0 radical (unpaired) electrons. The zero-order chi connectivity index (χ0) is 21.3. The van der Waals surface area contributed by atoms with Crippen LogP contribution in [-0.2, 0) is 24.4 Å². The van der Waals surface area contributed by atoms with E-state index in [1.165, 1.54) is 7.11 Å². The molecule has 0 saturated heterocycles. The van der Waals surface area contributed by atoms with Crippen LogP contribution in [0.1, 0.15) is 32.1 Å². The Labute approximate surface area is 156 Å². The van der Waals surface area contributed by atoms with Crippen molar-refractivity contribution in [3.05, 3.63) is 0 Å². The minimum atomic E-state index is -6.83. The van der Waals surface area contributed by atoms with Crippen molar-refractivity contribution in [1.29, 1.82) is 0 Å². The lowest BCUT2D eigenvalue weighted by Gasteiger charge is -2.58. The highest BCUT2D eigenvalue weighted by molar-refractivity contribution is 7.88. The number of esters is 1. The summed E-state index contributed by atoms with van der Waals surface area (Å²) in [6.45, 7) is 0. The van der Waals surface area contributed by atoms with E-state index in [9.17, 15) is 39.6 Å². The summed E-state index contributed by atoms with van der Waals surface area (Å²) in [6.07, 6.45) is -5.74. The van der Waals surface area contributed by atoms with Crippen molar-refractivity contribution < 1.29 is 53.6 Å². The number of rotatable bonds is 5. The molecule has 0 amide bonds. The number of ether oxygens (including phenoxy) is 2. The Balaban J connectivity index is 1.91. The summed E-state index contributed by atoms with van der Waals surface area (Å²) in [4.78, 5) is 12.0. The predicted octanol–water partition coefficient (Wildman–Crippen LogP) is 2.87. The molecular weight excluding hydrogens is 422 g/mol. The monoisotopic (exact) mass is 440 g/mol. The van der Waals surface area contributed by atoms with Gasteiger partial charge < -0.3 is 9.47 Å². The second kappa shape index (κ2) is 6.21. The summed E-state index contributed by atoms with van der Waals surface area (Å²) in [5, 5.41) is -6.01. The largest absolute Gasteiger partial charge is 0.458 e. The number of carbonyl (C=O) groups is 1. The van der Waals surface area contributed by atoms with Gasteiger partial charge in [-0.15, -0.1) is 0 Å². The van der Waals surface area contributed by atoms with Crippen molar-refractivity contribution in [2.24, 2.45) is 17.8 Å². The molecule has 1 N–H and O–H groups in total. The molecule has 3 unspecified atom stereocenters. The van der Waals surface area contributed by atoms with Crippen LogP contribution in [-0.4, -0.2) is 54.9 Å². The van der Waals surface area contributed by atoms with Gasteiger partial charge in [0.2, 0.25) is 0 Å². The fourth-order valence-electron chi connectivity index (χ4n) is 5.12. The van der Waals surface area contributed by atoms with Gasteiger partial charge in [0, 0.05) is 7.11 Å². The zero-order valence-electron chi connectivity index (χ0n) is 14.5. The van der Waals surface area contributed by atoms with Crippen molar-refractivity contribution in [3.8, 4) is 0 Å². The molecule has 162 valence electrons. The minimum absolute atomic E-state index is 0.167. The number of methoxy groups -OCH3 is 1.